The molecule has 3 rings (SSSR count). The van der Waals surface area contributed by atoms with Crippen molar-refractivity contribution >= 4 is 34.2 Å². The summed E-state index contributed by atoms with van der Waals surface area (Å²) in [6, 6.07) is 12.5. The van der Waals surface area contributed by atoms with Crippen LogP contribution in [0.5, 0.6) is 0 Å². The molecule has 108 valence electrons. The average molecular weight is 296 g/mol. The summed E-state index contributed by atoms with van der Waals surface area (Å²) < 4.78 is 7.09. The highest BCUT2D eigenvalue weighted by molar-refractivity contribution is 7.72. The molecule has 0 aliphatic rings. The van der Waals surface area contributed by atoms with Crippen LogP contribution in [0.15, 0.2) is 40.8 Å². The third-order valence-electron chi connectivity index (χ3n) is 4.02. The first-order chi connectivity index (χ1) is 9.99. The van der Waals surface area contributed by atoms with Crippen LogP contribution >= 0.6 is 12.2 Å². The summed E-state index contributed by atoms with van der Waals surface area (Å²) in [7, 11) is 0. The topological polar surface area (TPSA) is 13.1 Å². The zero-order valence-corrected chi connectivity index (χ0v) is 13.8. The van der Waals surface area contributed by atoms with Crippen molar-refractivity contribution in [3.63, 3.8) is 0 Å². The van der Waals surface area contributed by atoms with E-state index in [9.17, 15) is 0 Å². The Balaban J connectivity index is 2.52. The summed E-state index contributed by atoms with van der Waals surface area (Å²) >= 11 is 5.73. The van der Waals surface area contributed by atoms with Crippen LogP contribution in [0.25, 0.3) is 21.9 Å². The molecule has 0 aliphatic heterocycles. The van der Waals surface area contributed by atoms with E-state index in [2.05, 4.69) is 39.8 Å². The Morgan fingerprint density at radius 3 is 2.29 bits per heavy atom. The van der Waals surface area contributed by atoms with Gasteiger partial charge in [0.1, 0.15) is 11.2 Å². The molecule has 2 aromatic carbocycles. The van der Waals surface area contributed by atoms with E-state index in [1.54, 1.807) is 0 Å². The van der Waals surface area contributed by atoms with Gasteiger partial charge >= 0.3 is 0 Å². The molecule has 0 atom stereocenters. The van der Waals surface area contributed by atoms with Crippen molar-refractivity contribution in [2.45, 2.75) is 39.5 Å². The lowest BCUT2D eigenvalue weighted by Gasteiger charge is -2.15. The van der Waals surface area contributed by atoms with Crippen LogP contribution in [0.4, 0.5) is 0 Å². The predicted molar refractivity (Wildman–Crippen MR) is 92.7 cm³/mol. The maximum Gasteiger partial charge on any atom is 0.139 e. The molecule has 2 heteroatoms. The normalized spacial score (nSPS) is 11.9. The lowest BCUT2D eigenvalue weighted by atomic mass is 9.93. The highest BCUT2D eigenvalue weighted by atomic mass is 32.1. The van der Waals surface area contributed by atoms with Crippen molar-refractivity contribution in [2.75, 3.05) is 0 Å². The van der Waals surface area contributed by atoms with Gasteiger partial charge < -0.3 is 4.42 Å². The minimum atomic E-state index is 0.408. The number of hydrogen-bond donors (Lipinski definition) is 0. The molecule has 21 heavy (non-hydrogen) atoms. The third-order valence-corrected chi connectivity index (χ3v) is 4.46. The first-order valence-electron chi connectivity index (χ1n) is 7.48. The molecular formula is C19H20OS. The number of rotatable bonds is 2. The Bertz CT molecular complexity index is 872. The van der Waals surface area contributed by atoms with Crippen molar-refractivity contribution in [1.82, 2.24) is 0 Å². The average Bonchev–Trinajstić information content (AvgIpc) is 2.46. The summed E-state index contributed by atoms with van der Waals surface area (Å²) in [4.78, 5) is 0. The smallest absolute Gasteiger partial charge is 0.139 e. The van der Waals surface area contributed by atoms with Crippen LogP contribution < -0.4 is 0 Å². The second-order valence-corrected chi connectivity index (χ2v) is 6.63. The van der Waals surface area contributed by atoms with Gasteiger partial charge in [0, 0.05) is 10.8 Å². The molecule has 0 radical (unpaired) electrons. The van der Waals surface area contributed by atoms with Crippen molar-refractivity contribution in [3.8, 4) is 0 Å². The molecule has 0 saturated heterocycles. The van der Waals surface area contributed by atoms with Crippen LogP contribution in [0.3, 0.4) is 0 Å². The summed E-state index contributed by atoms with van der Waals surface area (Å²) in [6.07, 6.45) is 0. The van der Waals surface area contributed by atoms with Gasteiger partial charge in [-0.25, -0.2) is 0 Å². The molecule has 0 saturated carbocycles. The molecule has 0 spiro atoms. The van der Waals surface area contributed by atoms with Crippen molar-refractivity contribution < 1.29 is 4.42 Å². The number of benzene rings is 2. The fourth-order valence-electron chi connectivity index (χ4n) is 2.72. The number of hydrogen-bond acceptors (Lipinski definition) is 2. The van der Waals surface area contributed by atoms with Gasteiger partial charge in [0.25, 0.3) is 0 Å². The number of fused-ring (bicyclic) bond motifs is 2. The molecule has 1 nitrogen and oxygen atoms in total. The molecule has 3 aromatic rings. The Morgan fingerprint density at radius 2 is 1.62 bits per heavy atom. The summed E-state index contributed by atoms with van der Waals surface area (Å²) in [5.74, 6) is 0.887. The van der Waals surface area contributed by atoms with Crippen LogP contribution in [0.2, 0.25) is 0 Å². The summed E-state index contributed by atoms with van der Waals surface area (Å²) in [6.45, 7) is 8.83. The third kappa shape index (κ3) is 2.38. The fraction of sp³-hybridized carbons (Fsp3) is 0.316. The summed E-state index contributed by atoms with van der Waals surface area (Å²) in [5, 5.41) is 2.09. The van der Waals surface area contributed by atoms with E-state index in [0.717, 1.165) is 26.4 Å². The van der Waals surface area contributed by atoms with Crippen LogP contribution in [-0.2, 0) is 0 Å². The van der Waals surface area contributed by atoms with Gasteiger partial charge in [-0.3, -0.25) is 0 Å². The highest BCUT2D eigenvalue weighted by Crippen LogP contribution is 2.34. The maximum atomic E-state index is 6.19. The molecule has 1 aromatic heterocycles. The maximum absolute atomic E-state index is 6.19. The SMILES string of the molecule is CC(C)c1cc(C(C)C)c2oc3ccccc3c(=S)c2c1. The quantitative estimate of drug-likeness (QED) is 0.392. The largest absolute Gasteiger partial charge is 0.456 e. The van der Waals surface area contributed by atoms with Gasteiger partial charge in [0.15, 0.2) is 0 Å². The van der Waals surface area contributed by atoms with Gasteiger partial charge in [0.05, 0.1) is 4.51 Å². The minimum absolute atomic E-state index is 0.408. The van der Waals surface area contributed by atoms with Gasteiger partial charge in [-0.15, -0.1) is 0 Å². The van der Waals surface area contributed by atoms with E-state index < -0.39 is 0 Å². The Morgan fingerprint density at radius 1 is 0.905 bits per heavy atom. The van der Waals surface area contributed by atoms with E-state index in [4.69, 9.17) is 16.6 Å². The zero-order valence-electron chi connectivity index (χ0n) is 12.9. The first-order valence-corrected chi connectivity index (χ1v) is 7.89. The van der Waals surface area contributed by atoms with Crippen LogP contribution in [0, 0.1) is 4.51 Å². The molecule has 0 bridgehead atoms. The molecule has 0 aliphatic carbocycles. The molecule has 0 N–H and O–H groups in total. The van der Waals surface area contributed by atoms with Gasteiger partial charge in [0.2, 0.25) is 0 Å². The molecular weight excluding hydrogens is 276 g/mol. The van der Waals surface area contributed by atoms with E-state index in [-0.39, 0.29) is 0 Å². The Labute approximate surface area is 130 Å². The zero-order chi connectivity index (χ0) is 15.1. The van der Waals surface area contributed by atoms with Crippen molar-refractivity contribution in [1.29, 1.82) is 0 Å². The van der Waals surface area contributed by atoms with Crippen molar-refractivity contribution in [3.05, 3.63) is 52.0 Å². The molecule has 0 amide bonds. The number of para-hydroxylation sites is 1. The molecule has 0 unspecified atom stereocenters. The lowest BCUT2D eigenvalue weighted by molar-refractivity contribution is 0.647. The second-order valence-electron chi connectivity index (χ2n) is 6.22. The fourth-order valence-corrected chi connectivity index (χ4v) is 3.04. The minimum Gasteiger partial charge on any atom is -0.456 e. The molecule has 1 heterocycles. The Kier molecular flexibility index (Phi) is 3.58. The van der Waals surface area contributed by atoms with E-state index in [0.29, 0.717) is 11.8 Å². The van der Waals surface area contributed by atoms with E-state index >= 15 is 0 Å². The van der Waals surface area contributed by atoms with Crippen LogP contribution in [0.1, 0.15) is 50.7 Å². The highest BCUT2D eigenvalue weighted by Gasteiger charge is 2.14. The van der Waals surface area contributed by atoms with Crippen molar-refractivity contribution in [2.24, 2.45) is 0 Å². The Hall–Kier alpha value is -1.67. The predicted octanol–water partition coefficient (Wildman–Crippen LogP) is 6.56. The van der Waals surface area contributed by atoms with Gasteiger partial charge in [-0.05, 0) is 41.2 Å². The lowest BCUT2D eigenvalue weighted by Crippen LogP contribution is -1.96. The monoisotopic (exact) mass is 296 g/mol. The van der Waals surface area contributed by atoms with E-state index in [1.807, 2.05) is 24.3 Å². The molecule has 0 fully saturated rings. The first kappa shape index (κ1) is 14.3. The standard InChI is InChI=1S/C19H20OS/c1-11(2)13-9-15(12(3)4)18-16(10-13)19(21)14-7-5-6-8-17(14)20-18/h5-12H,1-4H3. The van der Waals surface area contributed by atoms with E-state index in [1.165, 1.54) is 11.1 Å². The summed E-state index contributed by atoms with van der Waals surface area (Å²) in [5.41, 5.74) is 4.38. The second kappa shape index (κ2) is 5.27. The van der Waals surface area contributed by atoms with Gasteiger partial charge in [-0.1, -0.05) is 58.1 Å². The van der Waals surface area contributed by atoms with Gasteiger partial charge in [-0.2, -0.15) is 0 Å². The van der Waals surface area contributed by atoms with Crippen LogP contribution in [-0.4, -0.2) is 0 Å².